The molecular weight excluding hydrogens is 250 g/mol. The third-order valence-corrected chi connectivity index (χ3v) is 3.43. The van der Waals surface area contributed by atoms with E-state index in [2.05, 4.69) is 20.7 Å². The van der Waals surface area contributed by atoms with Crippen molar-refractivity contribution in [3.63, 3.8) is 0 Å². The third kappa shape index (κ3) is 2.37. The summed E-state index contributed by atoms with van der Waals surface area (Å²) in [7, 11) is 0. The lowest BCUT2D eigenvalue weighted by Crippen LogP contribution is -2.24. The predicted molar refractivity (Wildman–Crippen MR) is 68.9 cm³/mol. The standard InChI is InChI=1S/C12H14ClN5/c13-10-5-1-2-6-11(10)18-16-12(15-17-18)8-9-4-3-7-14-9/h1-2,5-6,9,14H,3-4,7-8H2. The number of aromatic nitrogens is 4. The van der Waals surface area contributed by atoms with Crippen molar-refractivity contribution >= 4 is 11.6 Å². The zero-order valence-corrected chi connectivity index (χ0v) is 10.6. The Kier molecular flexibility index (Phi) is 3.25. The average molecular weight is 264 g/mol. The molecule has 1 aromatic heterocycles. The fourth-order valence-corrected chi connectivity index (χ4v) is 2.40. The molecule has 0 saturated carbocycles. The molecule has 1 atom stereocenters. The van der Waals surface area contributed by atoms with Crippen LogP contribution in [0.15, 0.2) is 24.3 Å². The summed E-state index contributed by atoms with van der Waals surface area (Å²) in [5.41, 5.74) is 0.761. The van der Waals surface area contributed by atoms with E-state index >= 15 is 0 Å². The highest BCUT2D eigenvalue weighted by atomic mass is 35.5. The molecule has 1 aliphatic heterocycles. The van der Waals surface area contributed by atoms with Crippen LogP contribution in [-0.2, 0) is 6.42 Å². The van der Waals surface area contributed by atoms with Gasteiger partial charge < -0.3 is 5.32 Å². The van der Waals surface area contributed by atoms with E-state index in [1.54, 1.807) is 0 Å². The van der Waals surface area contributed by atoms with Crippen LogP contribution in [0.1, 0.15) is 18.7 Å². The van der Waals surface area contributed by atoms with Crippen LogP contribution in [0.5, 0.6) is 0 Å². The van der Waals surface area contributed by atoms with Gasteiger partial charge in [-0.05, 0) is 36.7 Å². The molecule has 18 heavy (non-hydrogen) atoms. The van der Waals surface area contributed by atoms with Gasteiger partial charge in [-0.2, -0.15) is 0 Å². The van der Waals surface area contributed by atoms with E-state index in [0.717, 1.165) is 24.5 Å². The first-order chi connectivity index (χ1) is 8.83. The summed E-state index contributed by atoms with van der Waals surface area (Å²) in [6.07, 6.45) is 3.23. The summed E-state index contributed by atoms with van der Waals surface area (Å²) in [5, 5.41) is 16.6. The molecule has 1 aromatic carbocycles. The smallest absolute Gasteiger partial charge is 0.176 e. The quantitative estimate of drug-likeness (QED) is 0.914. The molecular formula is C12H14ClN5. The van der Waals surface area contributed by atoms with Gasteiger partial charge in [0.25, 0.3) is 0 Å². The van der Waals surface area contributed by atoms with E-state index in [1.165, 1.54) is 17.6 Å². The summed E-state index contributed by atoms with van der Waals surface area (Å²) < 4.78 is 0. The molecule has 2 aromatic rings. The first-order valence-corrected chi connectivity index (χ1v) is 6.48. The fraction of sp³-hybridized carbons (Fsp3) is 0.417. The zero-order valence-electron chi connectivity index (χ0n) is 9.88. The third-order valence-electron chi connectivity index (χ3n) is 3.11. The second-order valence-corrected chi connectivity index (χ2v) is 4.85. The topological polar surface area (TPSA) is 55.6 Å². The summed E-state index contributed by atoms with van der Waals surface area (Å²) in [5.74, 6) is 0.759. The van der Waals surface area contributed by atoms with Crippen LogP contribution in [0.3, 0.4) is 0 Å². The molecule has 1 N–H and O–H groups in total. The molecule has 2 heterocycles. The SMILES string of the molecule is Clc1ccccc1-n1nnc(CC2CCCN2)n1. The Morgan fingerprint density at radius 2 is 2.28 bits per heavy atom. The van der Waals surface area contributed by atoms with Gasteiger partial charge in [-0.1, -0.05) is 23.7 Å². The highest BCUT2D eigenvalue weighted by molar-refractivity contribution is 6.32. The Morgan fingerprint density at radius 1 is 1.39 bits per heavy atom. The van der Waals surface area contributed by atoms with Gasteiger partial charge in [0, 0.05) is 12.5 Å². The van der Waals surface area contributed by atoms with Crippen molar-refractivity contribution in [2.75, 3.05) is 6.54 Å². The van der Waals surface area contributed by atoms with Crippen molar-refractivity contribution in [2.45, 2.75) is 25.3 Å². The minimum absolute atomic E-state index is 0.480. The van der Waals surface area contributed by atoms with Crippen molar-refractivity contribution in [2.24, 2.45) is 0 Å². The van der Waals surface area contributed by atoms with Gasteiger partial charge in [0.15, 0.2) is 5.82 Å². The van der Waals surface area contributed by atoms with Crippen LogP contribution in [0.2, 0.25) is 5.02 Å². The number of benzene rings is 1. The molecule has 0 amide bonds. The number of hydrogen-bond donors (Lipinski definition) is 1. The maximum absolute atomic E-state index is 6.10. The van der Waals surface area contributed by atoms with Crippen LogP contribution in [0.4, 0.5) is 0 Å². The van der Waals surface area contributed by atoms with Gasteiger partial charge in [0.2, 0.25) is 0 Å². The summed E-state index contributed by atoms with van der Waals surface area (Å²) >= 11 is 6.10. The van der Waals surface area contributed by atoms with Crippen molar-refractivity contribution in [3.05, 3.63) is 35.1 Å². The molecule has 1 aliphatic rings. The Balaban J connectivity index is 1.79. The molecule has 5 nitrogen and oxygen atoms in total. The van der Waals surface area contributed by atoms with E-state index in [1.807, 2.05) is 24.3 Å². The van der Waals surface area contributed by atoms with Gasteiger partial charge in [0.05, 0.1) is 5.02 Å². The summed E-state index contributed by atoms with van der Waals surface area (Å²) in [6.45, 7) is 1.09. The van der Waals surface area contributed by atoms with Gasteiger partial charge in [-0.3, -0.25) is 0 Å². The molecule has 1 saturated heterocycles. The summed E-state index contributed by atoms with van der Waals surface area (Å²) in [4.78, 5) is 1.49. The Bertz CT molecular complexity index is 533. The average Bonchev–Trinajstić information content (AvgIpc) is 3.02. The second kappa shape index (κ2) is 5.04. The van der Waals surface area contributed by atoms with Gasteiger partial charge in [-0.25, -0.2) is 0 Å². The lowest BCUT2D eigenvalue weighted by Gasteiger charge is -2.05. The highest BCUT2D eigenvalue weighted by Crippen LogP contribution is 2.18. The second-order valence-electron chi connectivity index (χ2n) is 4.44. The number of hydrogen-bond acceptors (Lipinski definition) is 4. The number of para-hydroxylation sites is 1. The predicted octanol–water partition coefficient (Wildman–Crippen LogP) is 1.61. The first-order valence-electron chi connectivity index (χ1n) is 6.10. The number of tetrazole rings is 1. The molecule has 0 bridgehead atoms. The summed E-state index contributed by atoms with van der Waals surface area (Å²) in [6, 6.07) is 7.96. The fourth-order valence-electron chi connectivity index (χ4n) is 2.19. The number of rotatable bonds is 3. The van der Waals surface area contributed by atoms with Crippen LogP contribution in [0, 0.1) is 0 Å². The van der Waals surface area contributed by atoms with Gasteiger partial charge in [0.1, 0.15) is 5.69 Å². The Morgan fingerprint density at radius 3 is 3.06 bits per heavy atom. The Labute approximate surface area is 110 Å². The molecule has 0 spiro atoms. The van der Waals surface area contributed by atoms with Gasteiger partial charge >= 0.3 is 0 Å². The normalized spacial score (nSPS) is 19.3. The van der Waals surface area contributed by atoms with E-state index in [4.69, 9.17) is 11.6 Å². The largest absolute Gasteiger partial charge is 0.314 e. The minimum Gasteiger partial charge on any atom is -0.314 e. The van der Waals surface area contributed by atoms with E-state index < -0.39 is 0 Å². The zero-order chi connectivity index (χ0) is 12.4. The van der Waals surface area contributed by atoms with Crippen LogP contribution in [-0.4, -0.2) is 32.8 Å². The monoisotopic (exact) mass is 263 g/mol. The van der Waals surface area contributed by atoms with Crippen molar-refractivity contribution in [1.82, 2.24) is 25.5 Å². The van der Waals surface area contributed by atoms with E-state index in [9.17, 15) is 0 Å². The van der Waals surface area contributed by atoms with Crippen molar-refractivity contribution in [1.29, 1.82) is 0 Å². The molecule has 3 rings (SSSR count). The molecule has 1 unspecified atom stereocenters. The molecule has 0 aliphatic carbocycles. The molecule has 0 radical (unpaired) electrons. The maximum atomic E-state index is 6.10. The number of nitrogens with zero attached hydrogens (tertiary/aromatic N) is 4. The van der Waals surface area contributed by atoms with Crippen molar-refractivity contribution < 1.29 is 0 Å². The van der Waals surface area contributed by atoms with Crippen molar-refractivity contribution in [3.8, 4) is 5.69 Å². The molecule has 1 fully saturated rings. The lowest BCUT2D eigenvalue weighted by molar-refractivity contribution is 0.584. The van der Waals surface area contributed by atoms with Crippen LogP contribution in [0.25, 0.3) is 5.69 Å². The molecule has 6 heteroatoms. The number of halogens is 1. The lowest BCUT2D eigenvalue weighted by atomic mass is 10.1. The first kappa shape index (κ1) is 11.6. The highest BCUT2D eigenvalue weighted by Gasteiger charge is 2.17. The van der Waals surface area contributed by atoms with Crippen LogP contribution >= 0.6 is 11.6 Å². The van der Waals surface area contributed by atoms with Crippen LogP contribution < -0.4 is 5.32 Å². The maximum Gasteiger partial charge on any atom is 0.176 e. The molecule has 94 valence electrons. The minimum atomic E-state index is 0.480. The van der Waals surface area contributed by atoms with Gasteiger partial charge in [-0.15, -0.1) is 15.0 Å². The number of nitrogens with one attached hydrogen (secondary N) is 1. The van der Waals surface area contributed by atoms with E-state index in [-0.39, 0.29) is 0 Å². The Hall–Kier alpha value is -1.46. The van der Waals surface area contributed by atoms with E-state index in [0.29, 0.717) is 11.1 Å².